The molecule has 6 heteroatoms. The molecule has 6 nitrogen and oxygen atoms in total. The zero-order chi connectivity index (χ0) is 19.9. The van der Waals surface area contributed by atoms with Gasteiger partial charge in [0.15, 0.2) is 0 Å². The van der Waals surface area contributed by atoms with Gasteiger partial charge in [0.05, 0.1) is 0 Å². The van der Waals surface area contributed by atoms with Gasteiger partial charge in [0.1, 0.15) is 11.4 Å². The van der Waals surface area contributed by atoms with Crippen molar-refractivity contribution in [1.29, 1.82) is 0 Å². The maximum absolute atomic E-state index is 12.7. The highest BCUT2D eigenvalue weighted by molar-refractivity contribution is 5.83. The molecule has 1 atom stereocenters. The van der Waals surface area contributed by atoms with Crippen molar-refractivity contribution in [3.05, 3.63) is 35.8 Å². The predicted octanol–water partition coefficient (Wildman–Crippen LogP) is 4.78. The fourth-order valence-electron chi connectivity index (χ4n) is 3.63. The SMILES string of the molecule is CCCN(C(=O)OC1C(=O)OC(CCC)(CCC)C=C1O)C1=CC=CCC1. The van der Waals surface area contributed by atoms with Crippen molar-refractivity contribution in [2.45, 2.75) is 77.4 Å². The normalized spacial score (nSPS) is 21.1. The number of nitrogens with zero attached hydrogens (tertiary/aromatic N) is 1. The first kappa shape index (κ1) is 21.1. The third-order valence-corrected chi connectivity index (χ3v) is 4.77. The van der Waals surface area contributed by atoms with Crippen molar-refractivity contribution in [3.8, 4) is 0 Å². The molecule has 0 spiro atoms. The molecule has 0 aromatic heterocycles. The Balaban J connectivity index is 2.17. The number of ether oxygens (including phenoxy) is 2. The summed E-state index contributed by atoms with van der Waals surface area (Å²) in [5.41, 5.74) is 0.0382. The minimum Gasteiger partial charge on any atom is -0.508 e. The third-order valence-electron chi connectivity index (χ3n) is 4.77. The van der Waals surface area contributed by atoms with Crippen molar-refractivity contribution >= 4 is 12.1 Å². The number of cyclic esters (lactones) is 1. The highest BCUT2D eigenvalue weighted by Crippen LogP contribution is 2.33. The predicted molar refractivity (Wildman–Crippen MR) is 103 cm³/mol. The zero-order valence-electron chi connectivity index (χ0n) is 16.6. The average molecular weight is 377 g/mol. The van der Waals surface area contributed by atoms with E-state index in [9.17, 15) is 14.7 Å². The Labute approximate surface area is 161 Å². The Morgan fingerprint density at radius 1 is 1.30 bits per heavy atom. The van der Waals surface area contributed by atoms with Gasteiger partial charge in [0.25, 0.3) is 6.10 Å². The molecule has 2 aliphatic rings. The van der Waals surface area contributed by atoms with E-state index in [0.717, 1.165) is 37.8 Å². The Bertz CT molecular complexity index is 628. The van der Waals surface area contributed by atoms with Gasteiger partial charge in [-0.25, -0.2) is 9.59 Å². The van der Waals surface area contributed by atoms with Gasteiger partial charge in [-0.3, -0.25) is 4.90 Å². The third kappa shape index (κ3) is 5.15. The van der Waals surface area contributed by atoms with E-state index in [1.165, 1.54) is 4.90 Å². The number of carbonyl (C=O) groups excluding carboxylic acids is 2. The number of hydrogen-bond donors (Lipinski definition) is 1. The van der Waals surface area contributed by atoms with E-state index in [-0.39, 0.29) is 5.76 Å². The van der Waals surface area contributed by atoms with Gasteiger partial charge in [0.2, 0.25) is 0 Å². The summed E-state index contributed by atoms with van der Waals surface area (Å²) in [5.74, 6) is -0.949. The molecule has 1 unspecified atom stereocenters. The van der Waals surface area contributed by atoms with Crippen LogP contribution in [-0.2, 0) is 14.3 Å². The minimum atomic E-state index is -1.40. The van der Waals surface area contributed by atoms with Gasteiger partial charge in [-0.15, -0.1) is 0 Å². The number of allylic oxidation sites excluding steroid dienone is 4. The molecule has 1 N–H and O–H groups in total. The minimum absolute atomic E-state index is 0.240. The quantitative estimate of drug-likeness (QED) is 0.616. The summed E-state index contributed by atoms with van der Waals surface area (Å²) >= 11 is 0. The fourth-order valence-corrected chi connectivity index (χ4v) is 3.63. The van der Waals surface area contributed by atoms with Crippen molar-refractivity contribution in [2.75, 3.05) is 6.54 Å². The van der Waals surface area contributed by atoms with Crippen molar-refractivity contribution in [1.82, 2.24) is 4.90 Å². The second-order valence-electron chi connectivity index (χ2n) is 7.10. The van der Waals surface area contributed by atoms with E-state index >= 15 is 0 Å². The largest absolute Gasteiger partial charge is 0.508 e. The van der Waals surface area contributed by atoms with Crippen LogP contribution in [0.3, 0.4) is 0 Å². The number of esters is 1. The Kier molecular flexibility index (Phi) is 7.51. The van der Waals surface area contributed by atoms with Gasteiger partial charge in [-0.2, -0.15) is 0 Å². The highest BCUT2D eigenvalue weighted by atomic mass is 16.6. The van der Waals surface area contributed by atoms with Gasteiger partial charge < -0.3 is 14.6 Å². The van der Waals surface area contributed by atoms with Crippen LogP contribution in [0.5, 0.6) is 0 Å². The van der Waals surface area contributed by atoms with Crippen molar-refractivity contribution in [2.24, 2.45) is 0 Å². The Morgan fingerprint density at radius 2 is 2.00 bits per heavy atom. The number of rotatable bonds is 8. The van der Waals surface area contributed by atoms with Crippen LogP contribution in [0.1, 0.15) is 65.7 Å². The molecule has 27 heavy (non-hydrogen) atoms. The summed E-state index contributed by atoms with van der Waals surface area (Å²) in [7, 11) is 0. The van der Waals surface area contributed by atoms with E-state index in [2.05, 4.69) is 0 Å². The maximum atomic E-state index is 12.7. The van der Waals surface area contributed by atoms with Gasteiger partial charge in [-0.05, 0) is 38.2 Å². The molecule has 2 rings (SSSR count). The van der Waals surface area contributed by atoms with Crippen LogP contribution in [-0.4, -0.2) is 40.3 Å². The molecule has 0 saturated heterocycles. The first-order chi connectivity index (χ1) is 13.0. The molecule has 0 fully saturated rings. The van der Waals surface area contributed by atoms with Crippen LogP contribution in [0.25, 0.3) is 0 Å². The van der Waals surface area contributed by atoms with Crippen LogP contribution in [0.2, 0.25) is 0 Å². The molecule has 1 heterocycles. The number of carbonyl (C=O) groups is 2. The average Bonchev–Trinajstić information content (AvgIpc) is 2.64. The lowest BCUT2D eigenvalue weighted by Gasteiger charge is -2.36. The smallest absolute Gasteiger partial charge is 0.415 e. The standard InChI is InChI=1S/C21H31NO5/c1-4-12-21(13-5-2)15-17(23)18(19(24)27-21)26-20(25)22(14-6-3)16-10-8-7-9-11-16/h7-8,10,15,18,23H,4-6,9,11-14H2,1-3H3. The molecule has 0 radical (unpaired) electrons. The Morgan fingerprint density at radius 3 is 2.52 bits per heavy atom. The van der Waals surface area contributed by atoms with Crippen LogP contribution < -0.4 is 0 Å². The summed E-state index contributed by atoms with van der Waals surface area (Å²) in [6.45, 7) is 6.45. The fraction of sp³-hybridized carbons (Fsp3) is 0.619. The summed E-state index contributed by atoms with van der Waals surface area (Å²) in [6, 6.07) is 0. The van der Waals surface area contributed by atoms with Crippen LogP contribution in [0.4, 0.5) is 4.79 Å². The molecule has 0 aromatic carbocycles. The van der Waals surface area contributed by atoms with E-state index in [1.54, 1.807) is 6.08 Å². The van der Waals surface area contributed by atoms with Crippen LogP contribution in [0, 0.1) is 0 Å². The molecule has 1 aliphatic carbocycles. The lowest BCUT2D eigenvalue weighted by molar-refractivity contribution is -0.170. The summed E-state index contributed by atoms with van der Waals surface area (Å²) in [4.78, 5) is 26.7. The lowest BCUT2D eigenvalue weighted by Crippen LogP contribution is -2.46. The summed E-state index contributed by atoms with van der Waals surface area (Å²) in [5, 5.41) is 10.4. The van der Waals surface area contributed by atoms with E-state index in [0.29, 0.717) is 19.4 Å². The second kappa shape index (κ2) is 9.62. The molecular formula is C21H31NO5. The number of amides is 1. The topological polar surface area (TPSA) is 76.1 Å². The van der Waals surface area contributed by atoms with Gasteiger partial charge in [-0.1, -0.05) is 45.8 Å². The van der Waals surface area contributed by atoms with E-state index in [1.807, 2.05) is 39.0 Å². The number of hydrogen-bond acceptors (Lipinski definition) is 5. The molecule has 150 valence electrons. The summed E-state index contributed by atoms with van der Waals surface area (Å²) < 4.78 is 11.0. The van der Waals surface area contributed by atoms with Crippen LogP contribution in [0.15, 0.2) is 35.8 Å². The molecule has 0 aromatic rings. The number of aliphatic hydroxyl groups is 1. The first-order valence-corrected chi connectivity index (χ1v) is 9.94. The van der Waals surface area contributed by atoms with Gasteiger partial charge in [0, 0.05) is 18.3 Å². The molecule has 0 saturated carbocycles. The maximum Gasteiger partial charge on any atom is 0.415 e. The zero-order valence-corrected chi connectivity index (χ0v) is 16.6. The molecule has 0 bridgehead atoms. The first-order valence-electron chi connectivity index (χ1n) is 9.94. The van der Waals surface area contributed by atoms with Crippen LogP contribution >= 0.6 is 0 Å². The van der Waals surface area contributed by atoms with Crippen molar-refractivity contribution < 1.29 is 24.2 Å². The second-order valence-corrected chi connectivity index (χ2v) is 7.10. The monoisotopic (exact) mass is 377 g/mol. The summed E-state index contributed by atoms with van der Waals surface area (Å²) in [6.07, 6.45) is 10.5. The molecular weight excluding hydrogens is 346 g/mol. The molecule has 1 amide bonds. The molecule has 1 aliphatic heterocycles. The van der Waals surface area contributed by atoms with Crippen molar-refractivity contribution in [3.63, 3.8) is 0 Å². The number of aliphatic hydroxyl groups excluding tert-OH is 1. The van der Waals surface area contributed by atoms with E-state index < -0.39 is 23.8 Å². The van der Waals surface area contributed by atoms with Gasteiger partial charge >= 0.3 is 12.1 Å². The Hall–Kier alpha value is -2.24. The van der Waals surface area contributed by atoms with E-state index in [4.69, 9.17) is 9.47 Å². The highest BCUT2D eigenvalue weighted by Gasteiger charge is 2.43. The lowest BCUT2D eigenvalue weighted by atomic mass is 9.89.